The molecule has 2 aliphatic carbocycles. The maximum atomic E-state index is 4.49. The molecule has 0 unspecified atom stereocenters. The highest BCUT2D eigenvalue weighted by Crippen LogP contribution is 2.47. The minimum Gasteiger partial charge on any atom is -0.300 e. The van der Waals surface area contributed by atoms with Gasteiger partial charge in [-0.05, 0) is 43.4 Å². The van der Waals surface area contributed by atoms with Crippen LogP contribution in [-0.4, -0.2) is 29.8 Å². The van der Waals surface area contributed by atoms with E-state index in [4.69, 9.17) is 0 Å². The summed E-state index contributed by atoms with van der Waals surface area (Å²) in [4.78, 5) is 2.72. The molecule has 0 spiro atoms. The van der Waals surface area contributed by atoms with Crippen LogP contribution in [0.3, 0.4) is 0 Å². The van der Waals surface area contributed by atoms with Crippen LogP contribution in [0.5, 0.6) is 0 Å². The van der Waals surface area contributed by atoms with E-state index in [1.165, 1.54) is 51.6 Å². The number of hydrogen-bond donors (Lipinski definition) is 1. The van der Waals surface area contributed by atoms with Gasteiger partial charge in [0.2, 0.25) is 0 Å². The van der Waals surface area contributed by atoms with E-state index in [0.717, 1.165) is 11.8 Å². The molecule has 2 heteroatoms. The van der Waals surface area contributed by atoms with E-state index in [0.29, 0.717) is 5.41 Å². The molecule has 2 aliphatic rings. The average Bonchev–Trinajstić information content (AvgIpc) is 2.78. The van der Waals surface area contributed by atoms with Crippen LogP contribution in [0.2, 0.25) is 0 Å². The van der Waals surface area contributed by atoms with E-state index in [-0.39, 0.29) is 0 Å². The molecule has 0 bridgehead atoms. The Kier molecular flexibility index (Phi) is 3.43. The van der Waals surface area contributed by atoms with Crippen molar-refractivity contribution in [2.75, 3.05) is 18.8 Å². The molecule has 14 heavy (non-hydrogen) atoms. The zero-order chi connectivity index (χ0) is 10.0. The van der Waals surface area contributed by atoms with Crippen LogP contribution in [-0.2, 0) is 0 Å². The molecule has 2 fully saturated rings. The second-order valence-corrected chi connectivity index (χ2v) is 5.48. The predicted octanol–water partition coefficient (Wildman–Crippen LogP) is 2.96. The molecule has 0 aromatic rings. The van der Waals surface area contributed by atoms with Crippen LogP contribution >= 0.6 is 12.6 Å². The van der Waals surface area contributed by atoms with Gasteiger partial charge in [0.1, 0.15) is 0 Å². The summed E-state index contributed by atoms with van der Waals surface area (Å²) < 4.78 is 0. The molecule has 1 nitrogen and oxygen atoms in total. The number of rotatable bonds is 5. The van der Waals surface area contributed by atoms with Gasteiger partial charge in [-0.2, -0.15) is 12.6 Å². The highest BCUT2D eigenvalue weighted by molar-refractivity contribution is 7.80. The van der Waals surface area contributed by atoms with E-state index in [9.17, 15) is 0 Å². The van der Waals surface area contributed by atoms with Crippen LogP contribution < -0.4 is 0 Å². The summed E-state index contributed by atoms with van der Waals surface area (Å²) in [5.74, 6) is 1.09. The Morgan fingerprint density at radius 3 is 2.36 bits per heavy atom. The summed E-state index contributed by atoms with van der Waals surface area (Å²) in [5.41, 5.74) is 0.613. The molecule has 2 rings (SSSR count). The van der Waals surface area contributed by atoms with Crippen molar-refractivity contribution in [3.05, 3.63) is 0 Å². The van der Waals surface area contributed by atoms with Gasteiger partial charge in [0.05, 0.1) is 0 Å². The van der Waals surface area contributed by atoms with E-state index in [1.54, 1.807) is 0 Å². The fraction of sp³-hybridized carbons (Fsp3) is 1.00. The van der Waals surface area contributed by atoms with Crippen LogP contribution in [0.25, 0.3) is 0 Å². The Morgan fingerprint density at radius 1 is 1.29 bits per heavy atom. The molecule has 0 amide bonds. The van der Waals surface area contributed by atoms with Gasteiger partial charge in [0.25, 0.3) is 0 Å². The lowest BCUT2D eigenvalue weighted by atomic mass is 10.1. The highest BCUT2D eigenvalue weighted by Gasteiger charge is 2.43. The first kappa shape index (κ1) is 10.8. The maximum Gasteiger partial charge on any atom is 0.00953 e. The molecule has 0 saturated heterocycles. The molecule has 0 aromatic carbocycles. The molecule has 82 valence electrons. The zero-order valence-corrected chi connectivity index (χ0v) is 10.2. The molecule has 0 radical (unpaired) electrons. The topological polar surface area (TPSA) is 3.24 Å². The minimum absolute atomic E-state index is 0.613. The number of hydrogen-bond acceptors (Lipinski definition) is 2. The van der Waals surface area contributed by atoms with Crippen molar-refractivity contribution in [1.29, 1.82) is 0 Å². The largest absolute Gasteiger partial charge is 0.300 e. The zero-order valence-electron chi connectivity index (χ0n) is 9.34. The van der Waals surface area contributed by atoms with Gasteiger partial charge < -0.3 is 4.90 Å². The van der Waals surface area contributed by atoms with Gasteiger partial charge in [0, 0.05) is 12.6 Å². The summed E-state index contributed by atoms with van der Waals surface area (Å²) in [5, 5.41) is 0. The first-order chi connectivity index (χ1) is 6.79. The van der Waals surface area contributed by atoms with Crippen molar-refractivity contribution in [2.45, 2.75) is 51.5 Å². The Hall–Kier alpha value is 0.310. The van der Waals surface area contributed by atoms with Gasteiger partial charge in [-0.25, -0.2) is 0 Å². The average molecular weight is 213 g/mol. The Bertz CT molecular complexity index is 183. The van der Waals surface area contributed by atoms with Crippen LogP contribution in [0, 0.1) is 5.41 Å². The van der Waals surface area contributed by atoms with Gasteiger partial charge >= 0.3 is 0 Å². The van der Waals surface area contributed by atoms with Crippen molar-refractivity contribution in [3.63, 3.8) is 0 Å². The van der Waals surface area contributed by atoms with Crippen molar-refractivity contribution in [3.8, 4) is 0 Å². The summed E-state index contributed by atoms with van der Waals surface area (Å²) >= 11 is 4.49. The fourth-order valence-electron chi connectivity index (χ4n) is 2.74. The first-order valence-corrected chi connectivity index (χ1v) is 6.78. The molecular weight excluding hydrogens is 190 g/mol. The predicted molar refractivity (Wildman–Crippen MR) is 65.0 cm³/mol. The first-order valence-electron chi connectivity index (χ1n) is 6.14. The molecule has 0 aliphatic heterocycles. The van der Waals surface area contributed by atoms with Crippen molar-refractivity contribution in [2.24, 2.45) is 5.41 Å². The third-order valence-corrected chi connectivity index (χ3v) is 4.75. The lowest BCUT2D eigenvalue weighted by Gasteiger charge is -2.31. The number of thiol groups is 1. The third-order valence-electron chi connectivity index (χ3n) is 4.08. The second kappa shape index (κ2) is 4.44. The van der Waals surface area contributed by atoms with E-state index >= 15 is 0 Å². The van der Waals surface area contributed by atoms with E-state index in [1.807, 2.05) is 0 Å². The van der Waals surface area contributed by atoms with Gasteiger partial charge in [0.15, 0.2) is 0 Å². The van der Waals surface area contributed by atoms with E-state index < -0.39 is 0 Å². The van der Waals surface area contributed by atoms with Crippen molar-refractivity contribution in [1.82, 2.24) is 4.90 Å². The van der Waals surface area contributed by atoms with Crippen LogP contribution in [0.1, 0.15) is 45.4 Å². The Balaban J connectivity index is 1.86. The smallest absolute Gasteiger partial charge is 0.00953 e. The van der Waals surface area contributed by atoms with Gasteiger partial charge in [-0.1, -0.05) is 19.8 Å². The Labute approximate surface area is 93.7 Å². The molecule has 2 saturated carbocycles. The molecule has 0 aromatic heterocycles. The van der Waals surface area contributed by atoms with Crippen LogP contribution in [0.4, 0.5) is 0 Å². The molecule has 0 atom stereocenters. The minimum atomic E-state index is 0.613. The Morgan fingerprint density at radius 2 is 1.93 bits per heavy atom. The van der Waals surface area contributed by atoms with Crippen LogP contribution in [0.15, 0.2) is 0 Å². The van der Waals surface area contributed by atoms with Gasteiger partial charge in [-0.3, -0.25) is 0 Å². The molecular formula is C12H23NS. The maximum absolute atomic E-state index is 4.49. The van der Waals surface area contributed by atoms with Gasteiger partial charge in [-0.15, -0.1) is 0 Å². The lowest BCUT2D eigenvalue weighted by Crippen LogP contribution is -2.38. The normalized spacial score (nSPS) is 25.9. The molecule has 0 heterocycles. The summed E-state index contributed by atoms with van der Waals surface area (Å²) in [6.07, 6.45) is 8.62. The standard InChI is InChI=1S/C12H23NS/c1-2-13(11-5-3-4-6-11)9-12(10-14)7-8-12/h11,14H,2-10H2,1H3. The summed E-state index contributed by atoms with van der Waals surface area (Å²) in [7, 11) is 0. The van der Waals surface area contributed by atoms with E-state index in [2.05, 4.69) is 24.5 Å². The fourth-order valence-corrected chi connectivity index (χ4v) is 3.16. The third kappa shape index (κ3) is 2.27. The van der Waals surface area contributed by atoms with Crippen molar-refractivity contribution < 1.29 is 0 Å². The number of nitrogens with zero attached hydrogens (tertiary/aromatic N) is 1. The monoisotopic (exact) mass is 213 g/mol. The second-order valence-electron chi connectivity index (χ2n) is 5.16. The lowest BCUT2D eigenvalue weighted by molar-refractivity contribution is 0.176. The summed E-state index contributed by atoms with van der Waals surface area (Å²) in [6.45, 7) is 4.87. The SMILES string of the molecule is CCN(CC1(CS)CC1)C1CCCC1. The summed E-state index contributed by atoms with van der Waals surface area (Å²) in [6, 6.07) is 0.900. The van der Waals surface area contributed by atoms with Crippen molar-refractivity contribution >= 4 is 12.6 Å². The highest BCUT2D eigenvalue weighted by atomic mass is 32.1. The molecule has 0 N–H and O–H groups in total. The quantitative estimate of drug-likeness (QED) is 0.687.